The Morgan fingerprint density at radius 1 is 1.00 bits per heavy atom. The average molecular weight is 296 g/mol. The summed E-state index contributed by atoms with van der Waals surface area (Å²) < 4.78 is 5.65. The standard InChI is InChI=1S/C19H24N2O/c1-2-3-7-14-22-16-18-12-10-17(11-13-18)15-20-21-19-8-5-4-6-9-19/h4-6,8-13,15,21H,2-3,7,14,16H2,1H3. The maximum atomic E-state index is 5.65. The van der Waals surface area contributed by atoms with Crippen molar-refractivity contribution in [1.29, 1.82) is 0 Å². The van der Waals surface area contributed by atoms with Gasteiger partial charge in [0.2, 0.25) is 0 Å². The van der Waals surface area contributed by atoms with Gasteiger partial charge in [-0.1, -0.05) is 62.2 Å². The fourth-order valence-electron chi connectivity index (χ4n) is 2.04. The first-order valence-electron chi connectivity index (χ1n) is 7.89. The van der Waals surface area contributed by atoms with Gasteiger partial charge in [-0.05, 0) is 29.7 Å². The van der Waals surface area contributed by atoms with Gasteiger partial charge in [-0.15, -0.1) is 0 Å². The number of anilines is 1. The molecule has 0 amide bonds. The largest absolute Gasteiger partial charge is 0.377 e. The summed E-state index contributed by atoms with van der Waals surface area (Å²) in [6, 6.07) is 18.2. The normalized spacial score (nSPS) is 11.0. The molecule has 0 radical (unpaired) electrons. The lowest BCUT2D eigenvalue weighted by atomic mass is 10.1. The Morgan fingerprint density at radius 3 is 2.50 bits per heavy atom. The van der Waals surface area contributed by atoms with Gasteiger partial charge in [-0.3, -0.25) is 5.43 Å². The smallest absolute Gasteiger partial charge is 0.0716 e. The maximum Gasteiger partial charge on any atom is 0.0716 e. The average Bonchev–Trinajstić information content (AvgIpc) is 2.57. The van der Waals surface area contributed by atoms with E-state index in [0.717, 1.165) is 24.3 Å². The van der Waals surface area contributed by atoms with Crippen LogP contribution in [0.1, 0.15) is 37.3 Å². The van der Waals surface area contributed by atoms with E-state index in [1.165, 1.54) is 18.4 Å². The number of benzene rings is 2. The predicted octanol–water partition coefficient (Wildman–Crippen LogP) is 4.84. The van der Waals surface area contributed by atoms with Crippen molar-refractivity contribution in [2.45, 2.75) is 32.8 Å². The number of hydrogen-bond donors (Lipinski definition) is 1. The van der Waals surface area contributed by atoms with Gasteiger partial charge in [-0.25, -0.2) is 0 Å². The van der Waals surface area contributed by atoms with E-state index < -0.39 is 0 Å². The van der Waals surface area contributed by atoms with E-state index in [1.807, 2.05) is 36.5 Å². The molecule has 2 rings (SSSR count). The van der Waals surface area contributed by atoms with Gasteiger partial charge in [0.1, 0.15) is 0 Å². The van der Waals surface area contributed by atoms with Crippen molar-refractivity contribution in [3.05, 3.63) is 65.7 Å². The van der Waals surface area contributed by atoms with Crippen molar-refractivity contribution >= 4 is 11.9 Å². The number of nitrogens with zero attached hydrogens (tertiary/aromatic N) is 1. The minimum absolute atomic E-state index is 0.684. The van der Waals surface area contributed by atoms with Crippen molar-refractivity contribution in [2.75, 3.05) is 12.0 Å². The first-order valence-corrected chi connectivity index (χ1v) is 7.89. The third-order valence-corrected chi connectivity index (χ3v) is 3.32. The number of para-hydroxylation sites is 1. The first-order chi connectivity index (χ1) is 10.9. The molecule has 116 valence electrons. The van der Waals surface area contributed by atoms with Gasteiger partial charge in [0, 0.05) is 6.61 Å². The van der Waals surface area contributed by atoms with Gasteiger partial charge in [0.05, 0.1) is 18.5 Å². The van der Waals surface area contributed by atoms with E-state index >= 15 is 0 Å². The Bertz CT molecular complexity index is 549. The third kappa shape index (κ3) is 6.10. The van der Waals surface area contributed by atoms with Crippen LogP contribution in [0.2, 0.25) is 0 Å². The highest BCUT2D eigenvalue weighted by Gasteiger charge is 1.94. The molecule has 0 saturated heterocycles. The highest BCUT2D eigenvalue weighted by molar-refractivity contribution is 5.80. The zero-order valence-electron chi connectivity index (χ0n) is 13.2. The summed E-state index contributed by atoms with van der Waals surface area (Å²) in [6.07, 6.45) is 5.43. The van der Waals surface area contributed by atoms with Gasteiger partial charge >= 0.3 is 0 Å². The molecule has 0 aliphatic carbocycles. The molecule has 2 aromatic carbocycles. The zero-order chi connectivity index (χ0) is 15.5. The second-order valence-corrected chi connectivity index (χ2v) is 5.24. The molecule has 0 heterocycles. The van der Waals surface area contributed by atoms with Gasteiger partial charge in [0.15, 0.2) is 0 Å². The Balaban J connectivity index is 1.74. The van der Waals surface area contributed by atoms with Crippen molar-refractivity contribution < 1.29 is 4.74 Å². The van der Waals surface area contributed by atoms with Crippen LogP contribution in [-0.4, -0.2) is 12.8 Å². The maximum absolute atomic E-state index is 5.65. The van der Waals surface area contributed by atoms with Crippen LogP contribution in [0, 0.1) is 0 Å². The summed E-state index contributed by atoms with van der Waals surface area (Å²) in [4.78, 5) is 0. The topological polar surface area (TPSA) is 33.6 Å². The molecule has 0 bridgehead atoms. The number of unbranched alkanes of at least 4 members (excludes halogenated alkanes) is 2. The molecule has 0 aliphatic heterocycles. The molecule has 0 fully saturated rings. The molecule has 0 unspecified atom stereocenters. The Kier molecular flexibility index (Phi) is 7.19. The van der Waals surface area contributed by atoms with E-state index in [9.17, 15) is 0 Å². The van der Waals surface area contributed by atoms with Crippen molar-refractivity contribution in [3.63, 3.8) is 0 Å². The van der Waals surface area contributed by atoms with Crippen LogP contribution >= 0.6 is 0 Å². The van der Waals surface area contributed by atoms with Gasteiger partial charge in [-0.2, -0.15) is 5.10 Å². The second kappa shape index (κ2) is 9.74. The Hall–Kier alpha value is -2.13. The fraction of sp³-hybridized carbons (Fsp3) is 0.316. The first kappa shape index (κ1) is 16.2. The van der Waals surface area contributed by atoms with Crippen LogP contribution in [0.25, 0.3) is 0 Å². The summed E-state index contributed by atoms with van der Waals surface area (Å²) >= 11 is 0. The van der Waals surface area contributed by atoms with Crippen molar-refractivity contribution in [3.8, 4) is 0 Å². The van der Waals surface area contributed by atoms with E-state index in [-0.39, 0.29) is 0 Å². The molecule has 0 atom stereocenters. The number of hydrazone groups is 1. The molecule has 3 heteroatoms. The van der Waals surface area contributed by atoms with Crippen LogP contribution in [0.5, 0.6) is 0 Å². The molecule has 0 spiro atoms. The van der Waals surface area contributed by atoms with E-state index in [2.05, 4.69) is 41.7 Å². The number of hydrogen-bond acceptors (Lipinski definition) is 3. The number of rotatable bonds is 9. The zero-order valence-corrected chi connectivity index (χ0v) is 13.2. The van der Waals surface area contributed by atoms with Gasteiger partial charge < -0.3 is 4.74 Å². The third-order valence-electron chi connectivity index (χ3n) is 3.32. The van der Waals surface area contributed by atoms with E-state index in [1.54, 1.807) is 0 Å². The van der Waals surface area contributed by atoms with Crippen LogP contribution < -0.4 is 5.43 Å². The molecule has 22 heavy (non-hydrogen) atoms. The summed E-state index contributed by atoms with van der Waals surface area (Å²) in [6.45, 7) is 3.73. The molecular weight excluding hydrogens is 272 g/mol. The lowest BCUT2D eigenvalue weighted by Crippen LogP contribution is -1.96. The van der Waals surface area contributed by atoms with E-state index in [4.69, 9.17) is 4.74 Å². The molecular formula is C19H24N2O. The molecule has 1 N–H and O–H groups in total. The van der Waals surface area contributed by atoms with Crippen molar-refractivity contribution in [2.24, 2.45) is 5.10 Å². The lowest BCUT2D eigenvalue weighted by Gasteiger charge is -2.04. The number of ether oxygens (including phenoxy) is 1. The van der Waals surface area contributed by atoms with Crippen molar-refractivity contribution in [1.82, 2.24) is 0 Å². The molecule has 0 saturated carbocycles. The van der Waals surface area contributed by atoms with Crippen LogP contribution in [0.4, 0.5) is 5.69 Å². The number of nitrogens with one attached hydrogen (secondary N) is 1. The molecule has 3 nitrogen and oxygen atoms in total. The van der Waals surface area contributed by atoms with Crippen LogP contribution in [-0.2, 0) is 11.3 Å². The second-order valence-electron chi connectivity index (χ2n) is 5.24. The highest BCUT2D eigenvalue weighted by atomic mass is 16.5. The molecule has 0 aliphatic rings. The predicted molar refractivity (Wildman–Crippen MR) is 93.3 cm³/mol. The quantitative estimate of drug-likeness (QED) is 0.408. The molecule has 0 aromatic heterocycles. The summed E-state index contributed by atoms with van der Waals surface area (Å²) in [5.74, 6) is 0. The SMILES string of the molecule is CCCCCOCc1ccc(C=NNc2ccccc2)cc1. The summed E-state index contributed by atoms with van der Waals surface area (Å²) in [5, 5.41) is 4.23. The van der Waals surface area contributed by atoms with Gasteiger partial charge in [0.25, 0.3) is 0 Å². The van der Waals surface area contributed by atoms with Crippen LogP contribution in [0.3, 0.4) is 0 Å². The summed E-state index contributed by atoms with van der Waals surface area (Å²) in [5.41, 5.74) is 6.26. The Labute approximate surface area is 133 Å². The summed E-state index contributed by atoms with van der Waals surface area (Å²) in [7, 11) is 0. The lowest BCUT2D eigenvalue weighted by molar-refractivity contribution is 0.117. The Morgan fingerprint density at radius 2 is 1.77 bits per heavy atom. The fourth-order valence-corrected chi connectivity index (χ4v) is 2.04. The minimum Gasteiger partial charge on any atom is -0.377 e. The monoisotopic (exact) mass is 296 g/mol. The van der Waals surface area contributed by atoms with E-state index in [0.29, 0.717) is 6.61 Å². The highest BCUT2D eigenvalue weighted by Crippen LogP contribution is 2.07. The van der Waals surface area contributed by atoms with Crippen LogP contribution in [0.15, 0.2) is 59.7 Å². The molecule has 2 aromatic rings. The minimum atomic E-state index is 0.684.